The molecule has 0 amide bonds. The van der Waals surface area contributed by atoms with E-state index in [9.17, 15) is 0 Å². The van der Waals surface area contributed by atoms with Crippen LogP contribution in [0.3, 0.4) is 0 Å². The summed E-state index contributed by atoms with van der Waals surface area (Å²) in [5.41, 5.74) is 0. The van der Waals surface area contributed by atoms with E-state index in [0.717, 1.165) is 6.61 Å². The van der Waals surface area contributed by atoms with Crippen LogP contribution in [0.25, 0.3) is 0 Å². The number of hydrogen-bond acceptors (Lipinski definition) is 1. The van der Waals surface area contributed by atoms with E-state index in [4.69, 9.17) is 4.43 Å². The quantitative estimate of drug-likeness (QED) is 0.364. The number of rotatable bonds is 0. The minimum atomic E-state index is -0.0390. The summed E-state index contributed by atoms with van der Waals surface area (Å²) < 4.78 is 5.42. The average molecular weight is 148 g/mol. The van der Waals surface area contributed by atoms with E-state index in [1.807, 2.05) is 0 Å². The summed E-state index contributed by atoms with van der Waals surface area (Å²) in [7, 11) is 1.62. The van der Waals surface area contributed by atoms with Gasteiger partial charge in [0.1, 0.15) is 9.28 Å². The molecule has 0 bridgehead atoms. The van der Waals surface area contributed by atoms with Gasteiger partial charge < -0.3 is 4.43 Å². The maximum Gasteiger partial charge on any atom is 0.143 e. The molecule has 1 rings (SSSR count). The van der Waals surface area contributed by atoms with Crippen molar-refractivity contribution < 1.29 is 4.43 Å². The molecule has 1 nitrogen and oxygen atoms in total. The van der Waals surface area contributed by atoms with Crippen LogP contribution in [0.1, 0.15) is 6.42 Å². The van der Waals surface area contributed by atoms with Crippen LogP contribution in [0.15, 0.2) is 0 Å². The zero-order valence-corrected chi connectivity index (χ0v) is 9.38. The first kappa shape index (κ1) is 5.74. The van der Waals surface area contributed by atoms with Crippen LogP contribution in [-0.4, -0.2) is 33.5 Å². The highest BCUT2D eigenvalue weighted by molar-refractivity contribution is 7.33. The number of hydrogen-bond donors (Lipinski definition) is 0. The first-order valence-electron chi connectivity index (χ1n) is 2.97. The Hall–Kier alpha value is 0.611. The molecule has 0 spiro atoms. The smallest absolute Gasteiger partial charge is 0.143 e. The van der Waals surface area contributed by atoms with Crippen molar-refractivity contribution in [2.75, 3.05) is 6.61 Å². The third-order valence-corrected chi connectivity index (χ3v) is 12.2. The molecule has 0 aromatic rings. The molecule has 7 heavy (non-hydrogen) atoms. The summed E-state index contributed by atoms with van der Waals surface area (Å²) in [6.45, 7) is 1.11. The van der Waals surface area contributed by atoms with Crippen molar-refractivity contribution in [2.24, 2.45) is 0 Å². The lowest BCUT2D eigenvalue weighted by Crippen LogP contribution is -2.30. The molecule has 1 aliphatic heterocycles. The molecule has 0 aromatic carbocycles. The van der Waals surface area contributed by atoms with Crippen molar-refractivity contribution in [3.8, 4) is 0 Å². The van der Waals surface area contributed by atoms with E-state index in [1.54, 1.807) is 6.04 Å². The average Bonchev–Trinajstić information content (AvgIpc) is 1.69. The summed E-state index contributed by atoms with van der Waals surface area (Å²) in [6, 6.07) is 1.62. The van der Waals surface area contributed by atoms with Crippen LogP contribution in [0.5, 0.6) is 0 Å². The van der Waals surface area contributed by atoms with Gasteiger partial charge in [-0.15, -0.1) is 0 Å². The highest BCUT2D eigenvalue weighted by atomic mass is 29.5. The van der Waals surface area contributed by atoms with E-state index in [1.165, 1.54) is 16.2 Å². The Morgan fingerprint density at radius 2 is 2.57 bits per heavy atom. The summed E-state index contributed by atoms with van der Waals surface area (Å²) in [5, 5.41) is 0. The minimum absolute atomic E-state index is 0.0390. The molecule has 1 aliphatic rings. The van der Waals surface area contributed by atoms with E-state index in [0.29, 0.717) is 0 Å². The van der Waals surface area contributed by atoms with Gasteiger partial charge in [-0.05, 0) is 16.2 Å². The fourth-order valence-corrected chi connectivity index (χ4v) is 9.12. The first-order chi connectivity index (χ1) is 3.39. The van der Waals surface area contributed by atoms with Gasteiger partial charge >= 0.3 is 0 Å². The summed E-state index contributed by atoms with van der Waals surface area (Å²) in [5.74, 6) is 0. The van der Waals surface area contributed by atoms with E-state index in [-0.39, 0.29) is 17.1 Å². The van der Waals surface area contributed by atoms with Gasteiger partial charge in [-0.2, -0.15) is 0 Å². The topological polar surface area (TPSA) is 9.23 Å². The summed E-state index contributed by atoms with van der Waals surface area (Å²) in [4.78, 5) is 0. The third-order valence-electron chi connectivity index (χ3n) is 1.39. The second-order valence-corrected chi connectivity index (χ2v) is 20.8. The Balaban J connectivity index is 2.12. The standard InChI is InChI=1S/C3H12OSi3/c5-7-3-1-2-4-6-7/h7H,1-3,6H2,5H3. The Labute approximate surface area is 51.0 Å². The fourth-order valence-electron chi connectivity index (χ4n) is 0.902. The van der Waals surface area contributed by atoms with Crippen LogP contribution in [-0.2, 0) is 4.43 Å². The minimum Gasteiger partial charge on any atom is -0.428 e. The largest absolute Gasteiger partial charge is 0.428 e. The zero-order chi connectivity index (χ0) is 5.11. The molecule has 1 fully saturated rings. The van der Waals surface area contributed by atoms with Crippen molar-refractivity contribution in [3.63, 3.8) is 0 Å². The van der Waals surface area contributed by atoms with Gasteiger partial charge in [-0.1, -0.05) is 6.04 Å². The molecule has 0 N–H and O–H groups in total. The van der Waals surface area contributed by atoms with Gasteiger partial charge in [-0.3, -0.25) is 0 Å². The normalized spacial score (nSPS) is 36.9. The van der Waals surface area contributed by atoms with Crippen molar-refractivity contribution in [1.29, 1.82) is 0 Å². The molecular weight excluding hydrogens is 136 g/mol. The Morgan fingerprint density at radius 1 is 1.71 bits per heavy atom. The predicted molar refractivity (Wildman–Crippen MR) is 41.0 cm³/mol. The Kier molecular flexibility index (Phi) is 2.30. The summed E-state index contributed by atoms with van der Waals surface area (Å²) >= 11 is 0. The molecule has 0 aromatic heterocycles. The molecule has 1 heterocycles. The Bertz CT molecular complexity index is 52.1. The second kappa shape index (κ2) is 2.81. The molecule has 0 radical (unpaired) electrons. The van der Waals surface area contributed by atoms with Crippen molar-refractivity contribution >= 4 is 26.9 Å². The van der Waals surface area contributed by atoms with Gasteiger partial charge in [0, 0.05) is 14.4 Å². The molecule has 42 valence electrons. The van der Waals surface area contributed by atoms with Crippen molar-refractivity contribution in [2.45, 2.75) is 12.5 Å². The highest BCUT2D eigenvalue weighted by Crippen LogP contribution is 1.99. The molecule has 0 saturated carbocycles. The van der Waals surface area contributed by atoms with E-state index in [2.05, 4.69) is 0 Å². The summed E-state index contributed by atoms with van der Waals surface area (Å²) in [6.07, 6.45) is 1.40. The van der Waals surface area contributed by atoms with Gasteiger partial charge in [0.05, 0.1) is 0 Å². The highest BCUT2D eigenvalue weighted by Gasteiger charge is 2.08. The van der Waals surface area contributed by atoms with Crippen LogP contribution >= 0.6 is 0 Å². The van der Waals surface area contributed by atoms with Gasteiger partial charge in [0.2, 0.25) is 0 Å². The lowest BCUT2D eigenvalue weighted by Gasteiger charge is -2.14. The maximum absolute atomic E-state index is 5.42. The van der Waals surface area contributed by atoms with Crippen LogP contribution in [0, 0.1) is 0 Å². The lowest BCUT2D eigenvalue weighted by atomic mass is 10.5. The maximum atomic E-state index is 5.42. The van der Waals surface area contributed by atoms with Crippen molar-refractivity contribution in [1.82, 2.24) is 0 Å². The molecule has 4 heteroatoms. The molecule has 1 atom stereocenters. The van der Waals surface area contributed by atoms with E-state index < -0.39 is 0 Å². The zero-order valence-electron chi connectivity index (χ0n) is 4.81. The predicted octanol–water partition coefficient (Wildman–Crippen LogP) is -1.92. The Morgan fingerprint density at radius 3 is 2.86 bits per heavy atom. The lowest BCUT2D eigenvalue weighted by molar-refractivity contribution is 0.336. The van der Waals surface area contributed by atoms with Crippen molar-refractivity contribution in [3.05, 3.63) is 0 Å². The monoisotopic (exact) mass is 148 g/mol. The fraction of sp³-hybridized carbons (Fsp3) is 1.00. The van der Waals surface area contributed by atoms with Gasteiger partial charge in [-0.25, -0.2) is 0 Å². The first-order valence-corrected chi connectivity index (χ1v) is 12.2. The SMILES string of the molecule is [SiH3][SiH]1CCCO[SiH2]1. The molecular formula is C3H12OSi3. The van der Waals surface area contributed by atoms with Crippen LogP contribution in [0.4, 0.5) is 0 Å². The molecule has 1 unspecified atom stereocenters. The molecule has 1 saturated heterocycles. The van der Waals surface area contributed by atoms with Crippen LogP contribution < -0.4 is 0 Å². The molecule has 0 aliphatic carbocycles. The van der Waals surface area contributed by atoms with Gasteiger partial charge in [0.15, 0.2) is 0 Å². The van der Waals surface area contributed by atoms with E-state index >= 15 is 0 Å². The third kappa shape index (κ3) is 1.90. The second-order valence-electron chi connectivity index (χ2n) is 2.32. The van der Waals surface area contributed by atoms with Crippen LogP contribution in [0.2, 0.25) is 6.04 Å². The van der Waals surface area contributed by atoms with Gasteiger partial charge in [0.25, 0.3) is 0 Å².